The Morgan fingerprint density at radius 1 is 1.12 bits per heavy atom. The number of para-hydroxylation sites is 1. The highest BCUT2D eigenvalue weighted by molar-refractivity contribution is 7.80. The highest BCUT2D eigenvalue weighted by Crippen LogP contribution is 2.17. The summed E-state index contributed by atoms with van der Waals surface area (Å²) in [4.78, 5) is 0. The molecule has 0 bridgehead atoms. The minimum atomic E-state index is -0.678. The van der Waals surface area contributed by atoms with Gasteiger partial charge in [-0.2, -0.15) is 0 Å². The fraction of sp³-hybridized carbons (Fsp3) is 0.316. The van der Waals surface area contributed by atoms with Gasteiger partial charge in [0.1, 0.15) is 24.2 Å². The first-order chi connectivity index (χ1) is 12.1. The molecule has 1 atom stereocenters. The lowest BCUT2D eigenvalue weighted by molar-refractivity contribution is 0.110. The summed E-state index contributed by atoms with van der Waals surface area (Å²) in [5.41, 5.74) is 2.17. The van der Waals surface area contributed by atoms with Crippen molar-refractivity contribution in [3.8, 4) is 11.5 Å². The summed E-state index contributed by atoms with van der Waals surface area (Å²) in [6, 6.07) is 15.2. The highest BCUT2D eigenvalue weighted by atomic mass is 32.1. The lowest BCUT2D eigenvalue weighted by atomic mass is 10.1. The SMILES string of the molecule is CCc1ccccc1NC(=S)NCC(O)COc1ccc(OC)cc1. The molecule has 0 aromatic heterocycles. The highest BCUT2D eigenvalue weighted by Gasteiger charge is 2.08. The zero-order valence-corrected chi connectivity index (χ0v) is 15.3. The molecule has 0 saturated carbocycles. The molecule has 2 rings (SSSR count). The van der Waals surface area contributed by atoms with Crippen LogP contribution in [0.15, 0.2) is 48.5 Å². The van der Waals surface area contributed by atoms with Gasteiger partial charge in [-0.25, -0.2) is 0 Å². The molecule has 3 N–H and O–H groups in total. The average Bonchev–Trinajstić information content (AvgIpc) is 2.65. The Hall–Kier alpha value is -2.31. The Labute approximate surface area is 154 Å². The van der Waals surface area contributed by atoms with E-state index in [4.69, 9.17) is 21.7 Å². The van der Waals surface area contributed by atoms with E-state index in [-0.39, 0.29) is 6.61 Å². The third-order valence-electron chi connectivity index (χ3n) is 3.65. The van der Waals surface area contributed by atoms with E-state index in [2.05, 4.69) is 23.6 Å². The van der Waals surface area contributed by atoms with Crippen LogP contribution in [0, 0.1) is 0 Å². The van der Waals surface area contributed by atoms with Crippen molar-refractivity contribution in [3.05, 3.63) is 54.1 Å². The van der Waals surface area contributed by atoms with Crippen molar-refractivity contribution in [2.45, 2.75) is 19.4 Å². The Kier molecular flexibility index (Phi) is 7.50. The predicted molar refractivity (Wildman–Crippen MR) is 105 cm³/mol. The van der Waals surface area contributed by atoms with Gasteiger partial charge in [0.15, 0.2) is 5.11 Å². The second-order valence-corrected chi connectivity index (χ2v) is 5.89. The van der Waals surface area contributed by atoms with E-state index in [1.807, 2.05) is 30.3 Å². The zero-order chi connectivity index (χ0) is 18.1. The van der Waals surface area contributed by atoms with Crippen LogP contribution >= 0.6 is 12.2 Å². The maximum Gasteiger partial charge on any atom is 0.170 e. The van der Waals surface area contributed by atoms with Crippen LogP contribution in [0.2, 0.25) is 0 Å². The van der Waals surface area contributed by atoms with Gasteiger partial charge >= 0.3 is 0 Å². The molecule has 6 heteroatoms. The number of methoxy groups -OCH3 is 1. The Bertz CT molecular complexity index is 677. The fourth-order valence-electron chi connectivity index (χ4n) is 2.25. The van der Waals surface area contributed by atoms with E-state index >= 15 is 0 Å². The fourth-order valence-corrected chi connectivity index (χ4v) is 2.44. The Balaban J connectivity index is 1.73. The zero-order valence-electron chi connectivity index (χ0n) is 14.5. The molecule has 0 aliphatic heterocycles. The third-order valence-corrected chi connectivity index (χ3v) is 3.89. The molecule has 0 saturated heterocycles. The van der Waals surface area contributed by atoms with Crippen LogP contribution in [0.25, 0.3) is 0 Å². The number of aliphatic hydroxyl groups excluding tert-OH is 1. The largest absolute Gasteiger partial charge is 0.497 e. The second kappa shape index (κ2) is 9.86. The first-order valence-electron chi connectivity index (χ1n) is 8.20. The molecule has 1 unspecified atom stereocenters. The summed E-state index contributed by atoms with van der Waals surface area (Å²) >= 11 is 5.28. The minimum Gasteiger partial charge on any atom is -0.497 e. The van der Waals surface area contributed by atoms with Gasteiger partial charge in [-0.3, -0.25) is 0 Å². The van der Waals surface area contributed by atoms with Crippen molar-refractivity contribution in [1.82, 2.24) is 5.32 Å². The van der Waals surface area contributed by atoms with Crippen LogP contribution in [0.1, 0.15) is 12.5 Å². The summed E-state index contributed by atoms with van der Waals surface area (Å²) in [7, 11) is 1.61. The molecule has 2 aromatic carbocycles. The second-order valence-electron chi connectivity index (χ2n) is 5.49. The van der Waals surface area contributed by atoms with Gasteiger partial charge in [-0.1, -0.05) is 25.1 Å². The normalized spacial score (nSPS) is 11.5. The molecule has 0 amide bonds. The number of hydrogen-bond donors (Lipinski definition) is 3. The number of ether oxygens (including phenoxy) is 2. The average molecular weight is 360 g/mol. The van der Waals surface area contributed by atoms with E-state index in [0.29, 0.717) is 17.4 Å². The maximum absolute atomic E-state index is 10.0. The van der Waals surface area contributed by atoms with Gasteiger partial charge in [0.25, 0.3) is 0 Å². The van der Waals surface area contributed by atoms with E-state index in [0.717, 1.165) is 17.9 Å². The van der Waals surface area contributed by atoms with Gasteiger partial charge in [-0.05, 0) is 54.5 Å². The van der Waals surface area contributed by atoms with Gasteiger partial charge in [-0.15, -0.1) is 0 Å². The number of anilines is 1. The van der Waals surface area contributed by atoms with Gasteiger partial charge in [0.05, 0.1) is 7.11 Å². The number of thiocarbonyl (C=S) groups is 1. The van der Waals surface area contributed by atoms with Crippen LogP contribution in [-0.4, -0.2) is 36.6 Å². The third kappa shape index (κ3) is 6.25. The smallest absolute Gasteiger partial charge is 0.170 e. The summed E-state index contributed by atoms with van der Waals surface area (Å²) in [5.74, 6) is 1.44. The Morgan fingerprint density at radius 3 is 2.48 bits per heavy atom. The van der Waals surface area contributed by atoms with Crippen molar-refractivity contribution in [2.24, 2.45) is 0 Å². The van der Waals surface area contributed by atoms with E-state index < -0.39 is 6.10 Å². The number of hydrogen-bond acceptors (Lipinski definition) is 4. The molecule has 134 valence electrons. The van der Waals surface area contributed by atoms with Crippen LogP contribution < -0.4 is 20.1 Å². The molecule has 2 aromatic rings. The van der Waals surface area contributed by atoms with Crippen molar-refractivity contribution in [1.29, 1.82) is 0 Å². The molecule has 0 aliphatic carbocycles. The maximum atomic E-state index is 10.0. The standard InChI is InChI=1S/C19H24N2O3S/c1-3-14-6-4-5-7-18(14)21-19(25)20-12-15(22)13-24-17-10-8-16(23-2)9-11-17/h4-11,15,22H,3,12-13H2,1-2H3,(H2,20,21,25). The summed E-state index contributed by atoms with van der Waals surface area (Å²) in [6.07, 6.45) is 0.243. The van der Waals surface area contributed by atoms with Crippen LogP contribution in [0.5, 0.6) is 11.5 Å². The summed E-state index contributed by atoms with van der Waals surface area (Å²) < 4.78 is 10.6. The lowest BCUT2D eigenvalue weighted by Crippen LogP contribution is -2.37. The molecule has 0 fully saturated rings. The van der Waals surface area contributed by atoms with Crippen molar-refractivity contribution < 1.29 is 14.6 Å². The number of rotatable bonds is 8. The van der Waals surface area contributed by atoms with E-state index in [1.165, 1.54) is 5.56 Å². The quantitative estimate of drug-likeness (QED) is 0.629. The van der Waals surface area contributed by atoms with E-state index in [1.54, 1.807) is 19.2 Å². The minimum absolute atomic E-state index is 0.174. The number of benzene rings is 2. The molecule has 25 heavy (non-hydrogen) atoms. The van der Waals surface area contributed by atoms with Gasteiger partial charge < -0.3 is 25.2 Å². The molecular formula is C19H24N2O3S. The molecule has 0 heterocycles. The lowest BCUT2D eigenvalue weighted by Gasteiger charge is -2.16. The molecule has 5 nitrogen and oxygen atoms in total. The topological polar surface area (TPSA) is 62.8 Å². The summed E-state index contributed by atoms with van der Waals surface area (Å²) in [6.45, 7) is 2.57. The van der Waals surface area contributed by atoms with Crippen LogP contribution in [0.4, 0.5) is 5.69 Å². The van der Waals surface area contributed by atoms with Crippen molar-refractivity contribution in [3.63, 3.8) is 0 Å². The van der Waals surface area contributed by atoms with Crippen LogP contribution in [0.3, 0.4) is 0 Å². The molecule has 0 spiro atoms. The molecular weight excluding hydrogens is 336 g/mol. The predicted octanol–water partition coefficient (Wildman–Crippen LogP) is 2.98. The monoisotopic (exact) mass is 360 g/mol. The molecule has 0 aliphatic rings. The van der Waals surface area contributed by atoms with Crippen molar-refractivity contribution in [2.75, 3.05) is 25.6 Å². The van der Waals surface area contributed by atoms with E-state index in [9.17, 15) is 5.11 Å². The summed E-state index contributed by atoms with van der Waals surface area (Å²) in [5, 5.41) is 16.7. The van der Waals surface area contributed by atoms with Gasteiger partial charge in [0, 0.05) is 12.2 Å². The van der Waals surface area contributed by atoms with Gasteiger partial charge in [0.2, 0.25) is 0 Å². The first-order valence-corrected chi connectivity index (χ1v) is 8.61. The van der Waals surface area contributed by atoms with Crippen LogP contribution in [-0.2, 0) is 6.42 Å². The Morgan fingerprint density at radius 2 is 1.80 bits per heavy atom. The molecule has 0 radical (unpaired) electrons. The number of nitrogens with one attached hydrogen (secondary N) is 2. The first kappa shape index (κ1) is 19.0. The number of aliphatic hydroxyl groups is 1. The van der Waals surface area contributed by atoms with Crippen molar-refractivity contribution >= 4 is 23.0 Å². The number of aryl methyl sites for hydroxylation is 1.